The number of alkyl halides is 1. The first-order valence-corrected chi connectivity index (χ1v) is 8.71. The first-order chi connectivity index (χ1) is 9.67. The molecular weight excluding hydrogens is 433 g/mol. The number of pyridine rings is 1. The molecule has 20 heavy (non-hydrogen) atoms. The van der Waals surface area contributed by atoms with E-state index in [1.54, 1.807) is 6.07 Å². The maximum absolute atomic E-state index is 11.8. The van der Waals surface area contributed by atoms with Crippen LogP contribution in [-0.2, 0) is 11.2 Å². The van der Waals surface area contributed by atoms with Crippen LogP contribution in [0.25, 0.3) is 10.9 Å². The highest BCUT2D eigenvalue weighted by Gasteiger charge is 2.13. The molecule has 5 heteroatoms. The number of ether oxygens (including phenoxy) is 1. The number of benzene rings is 1. The van der Waals surface area contributed by atoms with Crippen LogP contribution in [0.3, 0.4) is 0 Å². The molecule has 0 saturated carbocycles. The van der Waals surface area contributed by atoms with Gasteiger partial charge in [0.25, 0.3) is 0 Å². The van der Waals surface area contributed by atoms with Crippen molar-refractivity contribution in [1.29, 1.82) is 0 Å². The van der Waals surface area contributed by atoms with E-state index in [1.165, 1.54) is 18.0 Å². The van der Waals surface area contributed by atoms with Gasteiger partial charge in [-0.25, -0.2) is 4.79 Å². The molecule has 1 heterocycles. The number of esters is 1. The second-order valence-corrected chi connectivity index (χ2v) is 6.36. The molecular formula is C15H15BrINO2. The summed E-state index contributed by atoms with van der Waals surface area (Å²) < 4.78 is 6.88. The van der Waals surface area contributed by atoms with Gasteiger partial charge < -0.3 is 4.74 Å². The largest absolute Gasteiger partial charge is 0.465 e. The van der Waals surface area contributed by atoms with Crippen molar-refractivity contribution < 1.29 is 9.53 Å². The van der Waals surface area contributed by atoms with Crippen LogP contribution in [-0.4, -0.2) is 22.5 Å². The zero-order valence-electron chi connectivity index (χ0n) is 11.2. The zero-order valence-corrected chi connectivity index (χ0v) is 14.9. The summed E-state index contributed by atoms with van der Waals surface area (Å²) in [4.78, 5) is 16.4. The van der Waals surface area contributed by atoms with Crippen LogP contribution >= 0.6 is 38.5 Å². The molecule has 0 amide bonds. The van der Waals surface area contributed by atoms with Gasteiger partial charge in [-0.15, -0.1) is 0 Å². The fourth-order valence-electron chi connectivity index (χ4n) is 2.05. The summed E-state index contributed by atoms with van der Waals surface area (Å²) >= 11 is 5.89. The van der Waals surface area contributed by atoms with Crippen LogP contribution < -0.4 is 0 Å². The Kier molecular flexibility index (Phi) is 5.77. The predicted molar refractivity (Wildman–Crippen MR) is 92.6 cm³/mol. The van der Waals surface area contributed by atoms with Gasteiger partial charge in [-0.2, -0.15) is 0 Å². The Bertz CT molecular complexity index is 631. The number of carbonyl (C=O) groups excluding carboxylic acids is 1. The summed E-state index contributed by atoms with van der Waals surface area (Å²) in [7, 11) is 1.39. The molecule has 2 rings (SSSR count). The predicted octanol–water partition coefficient (Wildman–Crippen LogP) is 4.54. The molecule has 1 aromatic carbocycles. The van der Waals surface area contributed by atoms with E-state index in [4.69, 9.17) is 4.74 Å². The third kappa shape index (κ3) is 3.49. The minimum Gasteiger partial charge on any atom is -0.465 e. The maximum atomic E-state index is 11.8. The number of nitrogens with zero attached hydrogens (tertiary/aromatic N) is 1. The highest BCUT2D eigenvalue weighted by Crippen LogP contribution is 2.26. The van der Waals surface area contributed by atoms with Gasteiger partial charge in [0.1, 0.15) is 0 Å². The normalized spacial score (nSPS) is 10.8. The van der Waals surface area contributed by atoms with E-state index in [2.05, 4.69) is 43.5 Å². The van der Waals surface area contributed by atoms with Crippen molar-refractivity contribution in [2.45, 2.75) is 19.3 Å². The lowest BCUT2D eigenvalue weighted by molar-refractivity contribution is 0.0603. The molecule has 0 bridgehead atoms. The van der Waals surface area contributed by atoms with E-state index in [9.17, 15) is 4.79 Å². The molecule has 0 aliphatic heterocycles. The quantitative estimate of drug-likeness (QED) is 0.292. The van der Waals surface area contributed by atoms with Crippen LogP contribution in [0.1, 0.15) is 28.9 Å². The standard InChI is InChI=1S/C15H15BrINO2/c1-20-15(19)12-7-8-13(16)14-11(12)6-5-10(18-14)4-2-3-9-17/h5-8H,2-4,9H2,1H3. The number of halogens is 2. The zero-order chi connectivity index (χ0) is 14.5. The van der Waals surface area contributed by atoms with Crippen molar-refractivity contribution in [2.75, 3.05) is 11.5 Å². The molecule has 0 spiro atoms. The SMILES string of the molecule is COC(=O)c1ccc(Br)c2nc(CCCCI)ccc12. The van der Waals surface area contributed by atoms with E-state index in [0.29, 0.717) is 5.56 Å². The number of hydrogen-bond acceptors (Lipinski definition) is 3. The van der Waals surface area contributed by atoms with Gasteiger partial charge in [0.05, 0.1) is 18.2 Å². The molecule has 0 saturated heterocycles. The highest BCUT2D eigenvalue weighted by atomic mass is 127. The third-order valence-electron chi connectivity index (χ3n) is 3.09. The molecule has 0 atom stereocenters. The van der Waals surface area contributed by atoms with Crippen molar-refractivity contribution in [3.63, 3.8) is 0 Å². The summed E-state index contributed by atoms with van der Waals surface area (Å²) in [6.07, 6.45) is 3.30. The van der Waals surface area contributed by atoms with E-state index in [0.717, 1.165) is 33.9 Å². The van der Waals surface area contributed by atoms with Crippen LogP contribution in [0.2, 0.25) is 0 Å². The minimum absolute atomic E-state index is 0.332. The summed E-state index contributed by atoms with van der Waals surface area (Å²) in [5.41, 5.74) is 2.43. The third-order valence-corrected chi connectivity index (χ3v) is 4.49. The number of aromatic nitrogens is 1. The Morgan fingerprint density at radius 2 is 2.10 bits per heavy atom. The van der Waals surface area contributed by atoms with Gasteiger partial charge in [-0.1, -0.05) is 28.7 Å². The lowest BCUT2D eigenvalue weighted by atomic mass is 10.1. The lowest BCUT2D eigenvalue weighted by Crippen LogP contribution is -2.03. The summed E-state index contributed by atoms with van der Waals surface area (Å²) in [5, 5.41) is 0.823. The number of carbonyl (C=O) groups is 1. The van der Waals surface area contributed by atoms with E-state index < -0.39 is 0 Å². The van der Waals surface area contributed by atoms with E-state index >= 15 is 0 Å². The Hall–Kier alpha value is -0.690. The van der Waals surface area contributed by atoms with Gasteiger partial charge in [-0.3, -0.25) is 4.98 Å². The molecule has 106 valence electrons. The Balaban J connectivity index is 2.41. The molecule has 0 aliphatic carbocycles. The van der Waals surface area contributed by atoms with Crippen molar-refractivity contribution >= 4 is 55.4 Å². The molecule has 3 nitrogen and oxygen atoms in total. The molecule has 2 aromatic rings. The number of unbranched alkanes of at least 4 members (excludes halogenated alkanes) is 1. The van der Waals surface area contributed by atoms with Gasteiger partial charge in [0.15, 0.2) is 0 Å². The van der Waals surface area contributed by atoms with Crippen molar-refractivity contribution in [2.24, 2.45) is 0 Å². The van der Waals surface area contributed by atoms with Crippen LogP contribution in [0.5, 0.6) is 0 Å². The maximum Gasteiger partial charge on any atom is 0.338 e. The van der Waals surface area contributed by atoms with Crippen molar-refractivity contribution in [3.8, 4) is 0 Å². The number of hydrogen-bond donors (Lipinski definition) is 0. The molecule has 0 unspecified atom stereocenters. The summed E-state index contributed by atoms with van der Waals surface area (Å²) in [6, 6.07) is 7.55. The van der Waals surface area contributed by atoms with Crippen LogP contribution in [0, 0.1) is 0 Å². The first kappa shape index (κ1) is 15.7. The minimum atomic E-state index is -0.332. The molecule has 0 radical (unpaired) electrons. The highest BCUT2D eigenvalue weighted by molar-refractivity contribution is 14.1. The fraction of sp³-hybridized carbons (Fsp3) is 0.333. The van der Waals surface area contributed by atoms with Gasteiger partial charge >= 0.3 is 5.97 Å². The second kappa shape index (κ2) is 7.36. The number of rotatable bonds is 5. The fourth-order valence-corrected chi connectivity index (χ4v) is 3.03. The topological polar surface area (TPSA) is 39.2 Å². The van der Waals surface area contributed by atoms with Crippen LogP contribution in [0.15, 0.2) is 28.7 Å². The Morgan fingerprint density at radius 1 is 1.30 bits per heavy atom. The average molecular weight is 448 g/mol. The molecule has 0 aliphatic rings. The summed E-state index contributed by atoms with van der Waals surface area (Å²) in [5.74, 6) is -0.332. The van der Waals surface area contributed by atoms with Gasteiger partial charge in [0, 0.05) is 15.6 Å². The van der Waals surface area contributed by atoms with Crippen molar-refractivity contribution in [1.82, 2.24) is 4.98 Å². The molecule has 0 fully saturated rings. The van der Waals surface area contributed by atoms with Gasteiger partial charge in [-0.05, 0) is 57.8 Å². The van der Waals surface area contributed by atoms with Crippen molar-refractivity contribution in [3.05, 3.63) is 40.0 Å². The monoisotopic (exact) mass is 447 g/mol. The van der Waals surface area contributed by atoms with Crippen LogP contribution in [0.4, 0.5) is 0 Å². The molecule has 1 aromatic heterocycles. The average Bonchev–Trinajstić information content (AvgIpc) is 2.47. The smallest absolute Gasteiger partial charge is 0.338 e. The number of aryl methyl sites for hydroxylation is 1. The first-order valence-electron chi connectivity index (χ1n) is 6.39. The summed E-state index contributed by atoms with van der Waals surface area (Å²) in [6.45, 7) is 0. The number of fused-ring (bicyclic) bond motifs is 1. The Labute approximate surface area is 140 Å². The van der Waals surface area contributed by atoms with Gasteiger partial charge in [0.2, 0.25) is 0 Å². The molecule has 0 N–H and O–H groups in total. The Morgan fingerprint density at radius 3 is 2.80 bits per heavy atom. The van der Waals surface area contributed by atoms with E-state index in [-0.39, 0.29) is 5.97 Å². The second-order valence-electron chi connectivity index (χ2n) is 4.43. The number of methoxy groups -OCH3 is 1. The lowest BCUT2D eigenvalue weighted by Gasteiger charge is -2.08. The van der Waals surface area contributed by atoms with E-state index in [1.807, 2.05) is 18.2 Å².